The number of terminal acetylenes is 1. The number of benzene rings is 1. The van der Waals surface area contributed by atoms with Gasteiger partial charge in [0.2, 0.25) is 0 Å². The monoisotopic (exact) mass is 484 g/mol. The van der Waals surface area contributed by atoms with E-state index in [1.54, 1.807) is 0 Å². The lowest BCUT2D eigenvalue weighted by Crippen LogP contribution is -2.15. The van der Waals surface area contributed by atoms with Crippen LogP contribution >= 0.6 is 23.2 Å². The van der Waals surface area contributed by atoms with Crippen molar-refractivity contribution < 1.29 is 41.4 Å². The van der Waals surface area contributed by atoms with E-state index >= 15 is 0 Å². The Morgan fingerprint density at radius 1 is 0.967 bits per heavy atom. The average Bonchev–Trinajstić information content (AvgIpc) is 2.66. The van der Waals surface area contributed by atoms with Gasteiger partial charge in [0, 0.05) is 5.02 Å². The van der Waals surface area contributed by atoms with Crippen molar-refractivity contribution in [1.29, 1.82) is 0 Å². The van der Waals surface area contributed by atoms with Crippen LogP contribution in [0.1, 0.15) is 6.42 Å². The molecule has 0 atom stereocenters. The summed E-state index contributed by atoms with van der Waals surface area (Å²) >= 11 is 11.6. The van der Waals surface area contributed by atoms with Crippen LogP contribution in [-0.4, -0.2) is 71.8 Å². The molecule has 0 heterocycles. The fraction of sp³-hybridized carbons (Fsp3) is 0.500. The van der Waals surface area contributed by atoms with E-state index in [0.717, 1.165) is 6.07 Å². The molecule has 0 unspecified atom stereocenters. The Hall–Kier alpha value is -1.42. The van der Waals surface area contributed by atoms with Crippen LogP contribution in [0.2, 0.25) is 10.0 Å². The molecule has 1 aromatic rings. The standard InChI is InChI=1S/C18H22Cl2O9S/c1-2-4-25-6-8-27-10-11-28-9-7-26-5-3-17(21)29-18-15(20)12-14(19)13-16(18)30(22,23)24/h1,12-13H,3-11H2,(H,22,23,24). The van der Waals surface area contributed by atoms with Crippen molar-refractivity contribution in [2.75, 3.05) is 52.9 Å². The SMILES string of the molecule is C#CCOCCOCCOCCOCCC(=O)Oc1c(Cl)cc(Cl)cc1S(=O)(=O)O. The van der Waals surface area contributed by atoms with Gasteiger partial charge in [0.1, 0.15) is 11.5 Å². The molecule has 1 rings (SSSR count). The molecular formula is C18H22Cl2O9S. The van der Waals surface area contributed by atoms with E-state index in [1.807, 2.05) is 0 Å². The number of hydrogen-bond acceptors (Lipinski definition) is 8. The minimum absolute atomic E-state index is 0.0115. The van der Waals surface area contributed by atoms with Gasteiger partial charge in [-0.15, -0.1) is 6.42 Å². The van der Waals surface area contributed by atoms with Gasteiger partial charge in [-0.05, 0) is 12.1 Å². The number of esters is 1. The molecule has 0 radical (unpaired) electrons. The molecule has 1 N–H and O–H groups in total. The molecule has 0 amide bonds. The van der Waals surface area contributed by atoms with Gasteiger partial charge in [0.05, 0.1) is 57.7 Å². The van der Waals surface area contributed by atoms with Gasteiger partial charge >= 0.3 is 5.97 Å². The molecule has 30 heavy (non-hydrogen) atoms. The van der Waals surface area contributed by atoms with Gasteiger partial charge in [-0.1, -0.05) is 29.1 Å². The van der Waals surface area contributed by atoms with E-state index < -0.39 is 26.7 Å². The van der Waals surface area contributed by atoms with Gasteiger partial charge in [0.25, 0.3) is 10.1 Å². The molecule has 1 aromatic carbocycles. The smallest absolute Gasteiger partial charge is 0.313 e. The normalized spacial score (nSPS) is 11.3. The molecule has 0 aliphatic heterocycles. The predicted molar refractivity (Wildman–Crippen MR) is 109 cm³/mol. The van der Waals surface area contributed by atoms with E-state index in [2.05, 4.69) is 5.92 Å². The summed E-state index contributed by atoms with van der Waals surface area (Å²) in [5.41, 5.74) is 0. The lowest BCUT2D eigenvalue weighted by atomic mass is 10.3. The number of halogens is 2. The van der Waals surface area contributed by atoms with Gasteiger partial charge < -0.3 is 23.7 Å². The minimum atomic E-state index is -4.69. The third-order valence-electron chi connectivity index (χ3n) is 3.22. The van der Waals surface area contributed by atoms with Crippen molar-refractivity contribution in [3.63, 3.8) is 0 Å². The molecule has 0 aromatic heterocycles. The minimum Gasteiger partial charge on any atom is -0.423 e. The predicted octanol–water partition coefficient (Wildman–Crippen LogP) is 2.24. The molecule has 168 valence electrons. The summed E-state index contributed by atoms with van der Waals surface area (Å²) in [4.78, 5) is 11.2. The second-order valence-corrected chi connectivity index (χ2v) is 7.74. The van der Waals surface area contributed by atoms with Crippen LogP contribution < -0.4 is 4.74 Å². The number of rotatable bonds is 15. The highest BCUT2D eigenvalue weighted by Gasteiger charge is 2.23. The second-order valence-electron chi connectivity index (χ2n) is 5.51. The lowest BCUT2D eigenvalue weighted by molar-refractivity contribution is -0.135. The summed E-state index contributed by atoms with van der Waals surface area (Å²) in [5.74, 6) is 1.05. The van der Waals surface area contributed by atoms with E-state index in [1.165, 1.54) is 6.07 Å². The molecule has 12 heteroatoms. The van der Waals surface area contributed by atoms with Crippen LogP contribution in [0.4, 0.5) is 0 Å². The highest BCUT2D eigenvalue weighted by Crippen LogP contribution is 2.35. The number of carbonyl (C=O) groups excluding carboxylic acids is 1. The first-order chi connectivity index (χ1) is 14.3. The Morgan fingerprint density at radius 3 is 2.03 bits per heavy atom. The van der Waals surface area contributed by atoms with Gasteiger partial charge in [0.15, 0.2) is 5.75 Å². The largest absolute Gasteiger partial charge is 0.423 e. The molecule has 9 nitrogen and oxygen atoms in total. The Balaban J connectivity index is 2.20. The molecule has 0 spiro atoms. The molecule has 0 fully saturated rings. The zero-order valence-corrected chi connectivity index (χ0v) is 18.3. The maximum Gasteiger partial charge on any atom is 0.313 e. The molecule has 0 bridgehead atoms. The van der Waals surface area contributed by atoms with Crippen molar-refractivity contribution in [1.82, 2.24) is 0 Å². The summed E-state index contributed by atoms with van der Waals surface area (Å²) in [7, 11) is -4.69. The fourth-order valence-corrected chi connectivity index (χ4v) is 3.25. The maximum atomic E-state index is 11.9. The summed E-state index contributed by atoms with van der Waals surface area (Å²) < 4.78 is 57.8. The van der Waals surface area contributed by atoms with Gasteiger partial charge in [-0.3, -0.25) is 9.35 Å². The zero-order valence-electron chi connectivity index (χ0n) is 16.0. The Labute approximate surface area is 185 Å². The van der Waals surface area contributed by atoms with E-state index in [-0.39, 0.29) is 36.3 Å². The molecule has 0 aliphatic carbocycles. The molecule has 0 aliphatic rings. The van der Waals surface area contributed by atoms with Crippen LogP contribution in [0.5, 0.6) is 5.75 Å². The van der Waals surface area contributed by atoms with E-state index in [0.29, 0.717) is 33.0 Å². The van der Waals surface area contributed by atoms with Crippen molar-refractivity contribution in [3.8, 4) is 18.1 Å². The first kappa shape index (κ1) is 26.6. The van der Waals surface area contributed by atoms with Crippen LogP contribution in [0.25, 0.3) is 0 Å². The Bertz CT molecular complexity index is 822. The summed E-state index contributed by atoms with van der Waals surface area (Å²) in [5, 5.41) is -0.277. The van der Waals surface area contributed by atoms with Crippen molar-refractivity contribution in [2.45, 2.75) is 11.3 Å². The van der Waals surface area contributed by atoms with Gasteiger partial charge in [-0.2, -0.15) is 8.42 Å². The van der Waals surface area contributed by atoms with Crippen molar-refractivity contribution in [2.24, 2.45) is 0 Å². The quantitative estimate of drug-likeness (QED) is 0.131. The summed E-state index contributed by atoms with van der Waals surface area (Å²) in [6.07, 6.45) is 4.85. The fourth-order valence-electron chi connectivity index (χ4n) is 1.94. The number of ether oxygens (including phenoxy) is 5. The lowest BCUT2D eigenvalue weighted by Gasteiger charge is -2.11. The maximum absolute atomic E-state index is 11.9. The van der Waals surface area contributed by atoms with Crippen LogP contribution in [0.3, 0.4) is 0 Å². The number of carbonyl (C=O) groups is 1. The molecule has 0 saturated carbocycles. The zero-order chi connectivity index (χ0) is 22.4. The topological polar surface area (TPSA) is 118 Å². The number of hydrogen-bond donors (Lipinski definition) is 1. The second kappa shape index (κ2) is 14.6. The van der Waals surface area contributed by atoms with Crippen molar-refractivity contribution in [3.05, 3.63) is 22.2 Å². The highest BCUT2D eigenvalue weighted by atomic mass is 35.5. The van der Waals surface area contributed by atoms with Crippen molar-refractivity contribution >= 4 is 39.3 Å². The first-order valence-electron chi connectivity index (χ1n) is 8.67. The van der Waals surface area contributed by atoms with Crippen LogP contribution in [0.15, 0.2) is 17.0 Å². The van der Waals surface area contributed by atoms with Crippen LogP contribution in [0, 0.1) is 12.3 Å². The van der Waals surface area contributed by atoms with E-state index in [9.17, 15) is 17.8 Å². The average molecular weight is 485 g/mol. The Kier molecular flexibility index (Phi) is 12.9. The van der Waals surface area contributed by atoms with Gasteiger partial charge in [-0.25, -0.2) is 0 Å². The third kappa shape index (κ3) is 11.1. The summed E-state index contributed by atoms with van der Waals surface area (Å²) in [6.45, 7) is 2.38. The summed E-state index contributed by atoms with van der Waals surface area (Å²) in [6, 6.07) is 2.11. The Morgan fingerprint density at radius 2 is 1.50 bits per heavy atom. The van der Waals surface area contributed by atoms with Crippen LogP contribution in [-0.2, 0) is 33.9 Å². The molecule has 0 saturated heterocycles. The third-order valence-corrected chi connectivity index (χ3v) is 4.58. The van der Waals surface area contributed by atoms with E-state index in [4.69, 9.17) is 53.3 Å². The highest BCUT2D eigenvalue weighted by molar-refractivity contribution is 7.86. The first-order valence-corrected chi connectivity index (χ1v) is 10.9. The molecular weight excluding hydrogens is 463 g/mol.